The Morgan fingerprint density at radius 1 is 1.31 bits per heavy atom. The minimum absolute atomic E-state index is 0.101. The normalized spacial score (nSPS) is 17.2. The van der Waals surface area contributed by atoms with Crippen LogP contribution in [0.1, 0.15) is 52.2 Å². The third kappa shape index (κ3) is 6.11. The Kier molecular flexibility index (Phi) is 8.81. The minimum atomic E-state index is -0.711. The van der Waals surface area contributed by atoms with E-state index < -0.39 is 11.5 Å². The first-order valence-corrected chi connectivity index (χ1v) is 9.48. The van der Waals surface area contributed by atoms with Crippen LogP contribution in [0.5, 0.6) is 0 Å². The van der Waals surface area contributed by atoms with Gasteiger partial charge in [0.15, 0.2) is 0 Å². The molecule has 0 bridgehead atoms. The standard InChI is InChI=1S/C21H32ClNO3/c1-6-11-21(5,20(26)23-18(13-24)14(2)3)12-15(4)19(25)16-7-9-17(22)10-8-16/h6-10,14-15,18-19,24-25H,1,11-13H2,2-5H3,(H,23,26)/t15-,18?,19+,21-/m0/s1. The van der Waals surface area contributed by atoms with Crippen LogP contribution in [0.15, 0.2) is 36.9 Å². The van der Waals surface area contributed by atoms with Gasteiger partial charge in [0.25, 0.3) is 0 Å². The van der Waals surface area contributed by atoms with Crippen LogP contribution in [-0.4, -0.2) is 28.8 Å². The monoisotopic (exact) mass is 381 g/mol. The zero-order chi connectivity index (χ0) is 19.9. The minimum Gasteiger partial charge on any atom is -0.394 e. The summed E-state index contributed by atoms with van der Waals surface area (Å²) in [5, 5.41) is 23.7. The van der Waals surface area contributed by atoms with Gasteiger partial charge in [0.2, 0.25) is 5.91 Å². The molecule has 0 aromatic heterocycles. The summed E-state index contributed by atoms with van der Waals surface area (Å²) in [6, 6.07) is 6.81. The van der Waals surface area contributed by atoms with Gasteiger partial charge in [0.05, 0.1) is 24.2 Å². The van der Waals surface area contributed by atoms with Crippen LogP contribution in [0.4, 0.5) is 0 Å². The van der Waals surface area contributed by atoms with Gasteiger partial charge in [-0.3, -0.25) is 4.79 Å². The third-order valence-corrected chi connectivity index (χ3v) is 5.24. The van der Waals surface area contributed by atoms with Gasteiger partial charge in [-0.15, -0.1) is 6.58 Å². The third-order valence-electron chi connectivity index (χ3n) is 4.98. The summed E-state index contributed by atoms with van der Waals surface area (Å²) >= 11 is 5.91. The van der Waals surface area contributed by atoms with Gasteiger partial charge >= 0.3 is 0 Å². The van der Waals surface area contributed by atoms with E-state index in [-0.39, 0.29) is 30.4 Å². The summed E-state index contributed by atoms with van der Waals surface area (Å²) in [5.41, 5.74) is 0.0651. The van der Waals surface area contributed by atoms with Crippen molar-refractivity contribution in [2.24, 2.45) is 17.3 Å². The summed E-state index contributed by atoms with van der Waals surface area (Å²) in [6.45, 7) is 11.4. The number of hydrogen-bond acceptors (Lipinski definition) is 3. The highest BCUT2D eigenvalue weighted by Gasteiger charge is 2.36. The molecule has 5 heteroatoms. The van der Waals surface area contributed by atoms with Crippen molar-refractivity contribution < 1.29 is 15.0 Å². The number of hydrogen-bond donors (Lipinski definition) is 3. The summed E-state index contributed by atoms with van der Waals surface area (Å²) in [6.07, 6.45) is 2.02. The number of carbonyl (C=O) groups excluding carboxylic acids is 1. The van der Waals surface area contributed by atoms with E-state index in [1.807, 2.05) is 27.7 Å². The number of halogens is 1. The molecule has 1 rings (SSSR count). The van der Waals surface area contributed by atoms with Crippen molar-refractivity contribution in [2.45, 2.75) is 52.7 Å². The van der Waals surface area contributed by atoms with Crippen molar-refractivity contribution in [1.82, 2.24) is 5.32 Å². The van der Waals surface area contributed by atoms with E-state index in [1.54, 1.807) is 30.3 Å². The van der Waals surface area contributed by atoms with Gasteiger partial charge in [-0.1, -0.05) is 57.5 Å². The molecule has 1 unspecified atom stereocenters. The van der Waals surface area contributed by atoms with Gasteiger partial charge in [-0.05, 0) is 42.4 Å². The van der Waals surface area contributed by atoms with Gasteiger partial charge in [0.1, 0.15) is 0 Å². The largest absolute Gasteiger partial charge is 0.394 e. The van der Waals surface area contributed by atoms with Crippen LogP contribution in [0.3, 0.4) is 0 Å². The molecule has 1 aromatic carbocycles. The van der Waals surface area contributed by atoms with Crippen molar-refractivity contribution >= 4 is 17.5 Å². The average Bonchev–Trinajstić information content (AvgIpc) is 2.59. The maximum Gasteiger partial charge on any atom is 0.226 e. The van der Waals surface area contributed by atoms with Crippen LogP contribution in [0, 0.1) is 17.3 Å². The summed E-state index contributed by atoms with van der Waals surface area (Å²) in [4.78, 5) is 12.9. The molecule has 1 aromatic rings. The van der Waals surface area contributed by atoms with E-state index in [4.69, 9.17) is 11.6 Å². The second kappa shape index (κ2) is 10.1. The van der Waals surface area contributed by atoms with E-state index in [0.717, 1.165) is 5.56 Å². The zero-order valence-corrected chi connectivity index (χ0v) is 17.0. The SMILES string of the molecule is C=CC[C@@](C)(C[C@H](C)[C@@H](O)c1ccc(Cl)cc1)C(=O)NC(CO)C(C)C. The average molecular weight is 382 g/mol. The van der Waals surface area contributed by atoms with Crippen LogP contribution < -0.4 is 5.32 Å². The number of allylic oxidation sites excluding steroid dienone is 1. The summed E-state index contributed by atoms with van der Waals surface area (Å²) in [7, 11) is 0. The predicted molar refractivity (Wildman–Crippen MR) is 107 cm³/mol. The van der Waals surface area contributed by atoms with E-state index in [0.29, 0.717) is 17.9 Å². The van der Waals surface area contributed by atoms with Gasteiger partial charge in [0, 0.05) is 5.02 Å². The topological polar surface area (TPSA) is 69.6 Å². The lowest BCUT2D eigenvalue weighted by Gasteiger charge is -2.34. The molecule has 0 aliphatic heterocycles. The fourth-order valence-corrected chi connectivity index (χ4v) is 3.29. The molecule has 146 valence electrons. The second-order valence-corrected chi connectivity index (χ2v) is 8.17. The molecule has 0 aliphatic carbocycles. The lowest BCUT2D eigenvalue weighted by atomic mass is 9.75. The number of aliphatic hydroxyl groups is 2. The van der Waals surface area contributed by atoms with Crippen molar-refractivity contribution in [3.8, 4) is 0 Å². The van der Waals surface area contributed by atoms with Crippen LogP contribution in [0.2, 0.25) is 5.02 Å². The van der Waals surface area contributed by atoms with E-state index >= 15 is 0 Å². The maximum absolute atomic E-state index is 12.9. The first kappa shape index (κ1) is 22.7. The predicted octanol–water partition coefficient (Wildman–Crippen LogP) is 4.12. The van der Waals surface area contributed by atoms with Gasteiger partial charge in [-0.25, -0.2) is 0 Å². The molecule has 0 aliphatic rings. The first-order chi connectivity index (χ1) is 12.1. The molecule has 0 saturated heterocycles. The van der Waals surface area contributed by atoms with E-state index in [1.165, 1.54) is 0 Å². The number of aliphatic hydroxyl groups excluding tert-OH is 2. The molecule has 4 atom stereocenters. The number of rotatable bonds is 10. The Hall–Kier alpha value is -1.36. The quantitative estimate of drug-likeness (QED) is 0.534. The smallest absolute Gasteiger partial charge is 0.226 e. The highest BCUT2D eigenvalue weighted by Crippen LogP contribution is 2.36. The lowest BCUT2D eigenvalue weighted by molar-refractivity contribution is -0.133. The van der Waals surface area contributed by atoms with Gasteiger partial charge < -0.3 is 15.5 Å². The summed E-state index contributed by atoms with van der Waals surface area (Å²) in [5.74, 6) is -0.132. The molecule has 0 heterocycles. The van der Waals surface area contributed by atoms with Crippen molar-refractivity contribution in [2.75, 3.05) is 6.61 Å². The molecule has 1 amide bonds. The Labute approximate surface area is 162 Å². The number of amides is 1. The second-order valence-electron chi connectivity index (χ2n) is 7.74. The molecule has 0 saturated carbocycles. The summed E-state index contributed by atoms with van der Waals surface area (Å²) < 4.78 is 0. The molecule has 4 nitrogen and oxygen atoms in total. The molecule has 26 heavy (non-hydrogen) atoms. The number of carbonyl (C=O) groups is 1. The fraction of sp³-hybridized carbons (Fsp3) is 0.571. The Morgan fingerprint density at radius 3 is 2.35 bits per heavy atom. The van der Waals surface area contributed by atoms with Crippen LogP contribution in [0.25, 0.3) is 0 Å². The molecular formula is C21H32ClNO3. The Balaban J connectivity index is 2.91. The molecule has 0 spiro atoms. The first-order valence-electron chi connectivity index (χ1n) is 9.11. The van der Waals surface area contributed by atoms with Gasteiger partial charge in [-0.2, -0.15) is 0 Å². The lowest BCUT2D eigenvalue weighted by Crippen LogP contribution is -2.48. The highest BCUT2D eigenvalue weighted by molar-refractivity contribution is 6.30. The maximum atomic E-state index is 12.9. The molecule has 3 N–H and O–H groups in total. The number of benzene rings is 1. The Morgan fingerprint density at radius 2 is 1.88 bits per heavy atom. The molecule has 0 fully saturated rings. The van der Waals surface area contributed by atoms with Crippen LogP contribution >= 0.6 is 11.6 Å². The number of nitrogens with one attached hydrogen (secondary N) is 1. The van der Waals surface area contributed by atoms with Crippen molar-refractivity contribution in [3.05, 3.63) is 47.5 Å². The zero-order valence-electron chi connectivity index (χ0n) is 16.2. The molecule has 0 radical (unpaired) electrons. The highest BCUT2D eigenvalue weighted by atomic mass is 35.5. The molecular weight excluding hydrogens is 350 g/mol. The van der Waals surface area contributed by atoms with E-state index in [9.17, 15) is 15.0 Å². The van der Waals surface area contributed by atoms with E-state index in [2.05, 4.69) is 11.9 Å². The van der Waals surface area contributed by atoms with Crippen molar-refractivity contribution in [1.29, 1.82) is 0 Å². The van der Waals surface area contributed by atoms with Crippen molar-refractivity contribution in [3.63, 3.8) is 0 Å². The fourth-order valence-electron chi connectivity index (χ4n) is 3.16. The Bertz CT molecular complexity index is 587. The van der Waals surface area contributed by atoms with Crippen LogP contribution in [-0.2, 0) is 4.79 Å².